The van der Waals surface area contributed by atoms with Crippen LogP contribution >= 0.6 is 39.9 Å². The van der Waals surface area contributed by atoms with Gasteiger partial charge >= 0.3 is 0 Å². The molecule has 0 spiro atoms. The number of halogens is 1. The van der Waals surface area contributed by atoms with E-state index in [4.69, 9.17) is 17.0 Å². The molecule has 104 valence electrons. The molecular formula is C14H12BrNO2S2. The summed E-state index contributed by atoms with van der Waals surface area (Å²) in [7, 11) is 1.61. The van der Waals surface area contributed by atoms with Gasteiger partial charge in [0, 0.05) is 6.54 Å². The van der Waals surface area contributed by atoms with Crippen LogP contribution in [0.5, 0.6) is 5.75 Å². The quantitative estimate of drug-likeness (QED) is 0.458. The minimum atomic E-state index is -0.0770. The highest BCUT2D eigenvalue weighted by atomic mass is 79.9. The third-order valence-corrected chi connectivity index (χ3v) is 4.66. The number of methoxy groups -OCH3 is 1. The van der Waals surface area contributed by atoms with Crippen LogP contribution in [-0.4, -0.2) is 28.8 Å². The van der Waals surface area contributed by atoms with Crippen molar-refractivity contribution in [3.63, 3.8) is 0 Å². The van der Waals surface area contributed by atoms with Crippen molar-refractivity contribution in [2.45, 2.75) is 0 Å². The van der Waals surface area contributed by atoms with Crippen LogP contribution in [0.1, 0.15) is 5.56 Å². The lowest BCUT2D eigenvalue weighted by atomic mass is 10.2. The van der Waals surface area contributed by atoms with Crippen LogP contribution in [0.25, 0.3) is 6.08 Å². The van der Waals surface area contributed by atoms with Gasteiger partial charge in [-0.25, -0.2) is 0 Å². The maximum absolute atomic E-state index is 12.2. The lowest BCUT2D eigenvalue weighted by Gasteiger charge is -2.10. The van der Waals surface area contributed by atoms with Crippen LogP contribution < -0.4 is 4.74 Å². The summed E-state index contributed by atoms with van der Waals surface area (Å²) in [5.41, 5.74) is 0.914. The summed E-state index contributed by atoms with van der Waals surface area (Å²) in [5.74, 6) is 0.674. The van der Waals surface area contributed by atoms with E-state index >= 15 is 0 Å². The molecule has 0 saturated carbocycles. The number of rotatable bonds is 4. The van der Waals surface area contributed by atoms with Crippen molar-refractivity contribution in [3.05, 3.63) is 45.8 Å². The van der Waals surface area contributed by atoms with E-state index in [9.17, 15) is 4.79 Å². The number of carbonyl (C=O) groups is 1. The Labute approximate surface area is 135 Å². The molecule has 0 N–H and O–H groups in total. The second kappa shape index (κ2) is 6.56. The predicted octanol–water partition coefficient (Wildman–Crippen LogP) is 3.84. The molecule has 1 amide bonds. The molecule has 0 atom stereocenters. The predicted molar refractivity (Wildman–Crippen MR) is 90.8 cm³/mol. The summed E-state index contributed by atoms with van der Waals surface area (Å²) >= 11 is 9.92. The molecule has 0 bridgehead atoms. The van der Waals surface area contributed by atoms with Crippen molar-refractivity contribution in [2.75, 3.05) is 13.7 Å². The highest BCUT2D eigenvalue weighted by molar-refractivity contribution is 9.10. The first-order valence-corrected chi connectivity index (χ1v) is 7.78. The first kappa shape index (κ1) is 15.3. The molecule has 1 aromatic carbocycles. The minimum absolute atomic E-state index is 0.0770. The van der Waals surface area contributed by atoms with E-state index in [-0.39, 0.29) is 5.91 Å². The lowest BCUT2D eigenvalue weighted by molar-refractivity contribution is -0.121. The van der Waals surface area contributed by atoms with Crippen molar-refractivity contribution >= 4 is 56.2 Å². The third-order valence-electron chi connectivity index (χ3n) is 2.66. The van der Waals surface area contributed by atoms with Gasteiger partial charge in [-0.2, -0.15) is 0 Å². The van der Waals surface area contributed by atoms with E-state index < -0.39 is 0 Å². The van der Waals surface area contributed by atoms with E-state index in [0.29, 0.717) is 15.8 Å². The van der Waals surface area contributed by atoms with E-state index in [1.807, 2.05) is 24.3 Å². The number of amides is 1. The van der Waals surface area contributed by atoms with Crippen LogP contribution in [-0.2, 0) is 4.79 Å². The Kier molecular flexibility index (Phi) is 5.01. The molecule has 1 aliphatic heterocycles. The summed E-state index contributed by atoms with van der Waals surface area (Å²) in [6.45, 7) is 4.07. The Morgan fingerprint density at radius 1 is 1.55 bits per heavy atom. The SMILES string of the molecule is C=CCN1C(=O)/C(=C/c2ccc(OC)c(Br)c2)SC1=S. The highest BCUT2D eigenvalue weighted by Gasteiger charge is 2.30. The van der Waals surface area contributed by atoms with Crippen molar-refractivity contribution in [1.29, 1.82) is 0 Å². The number of benzene rings is 1. The molecule has 1 saturated heterocycles. The number of thiocarbonyl (C=S) groups is 1. The maximum Gasteiger partial charge on any atom is 0.266 e. The molecule has 1 aliphatic rings. The second-order valence-corrected chi connectivity index (χ2v) is 6.51. The summed E-state index contributed by atoms with van der Waals surface area (Å²) in [5, 5.41) is 0. The zero-order valence-corrected chi connectivity index (χ0v) is 14.0. The second-order valence-electron chi connectivity index (χ2n) is 3.97. The zero-order chi connectivity index (χ0) is 14.7. The normalized spacial score (nSPS) is 16.9. The topological polar surface area (TPSA) is 29.5 Å². The maximum atomic E-state index is 12.2. The smallest absolute Gasteiger partial charge is 0.266 e. The largest absolute Gasteiger partial charge is 0.496 e. The van der Waals surface area contributed by atoms with E-state index in [1.54, 1.807) is 13.2 Å². The zero-order valence-electron chi connectivity index (χ0n) is 10.8. The number of hydrogen-bond acceptors (Lipinski definition) is 4. The highest BCUT2D eigenvalue weighted by Crippen LogP contribution is 2.33. The average molecular weight is 370 g/mol. The lowest BCUT2D eigenvalue weighted by Crippen LogP contribution is -2.27. The van der Waals surface area contributed by atoms with Gasteiger partial charge < -0.3 is 4.74 Å². The van der Waals surface area contributed by atoms with Crippen molar-refractivity contribution in [1.82, 2.24) is 4.90 Å². The molecule has 0 aliphatic carbocycles. The first-order valence-electron chi connectivity index (χ1n) is 5.76. The van der Waals surface area contributed by atoms with Crippen LogP contribution in [0.2, 0.25) is 0 Å². The fraction of sp³-hybridized carbons (Fsp3) is 0.143. The van der Waals surface area contributed by atoms with Gasteiger partial charge in [0.15, 0.2) is 0 Å². The molecule has 3 nitrogen and oxygen atoms in total. The third kappa shape index (κ3) is 3.13. The van der Waals surface area contributed by atoms with Gasteiger partial charge in [0.05, 0.1) is 16.5 Å². The van der Waals surface area contributed by atoms with Crippen LogP contribution in [0.3, 0.4) is 0 Å². The molecule has 2 rings (SSSR count). The molecule has 1 heterocycles. The van der Waals surface area contributed by atoms with E-state index in [1.165, 1.54) is 16.7 Å². The van der Waals surface area contributed by atoms with Crippen LogP contribution in [0.15, 0.2) is 40.2 Å². The molecule has 20 heavy (non-hydrogen) atoms. The molecule has 1 fully saturated rings. The number of carbonyl (C=O) groups excluding carboxylic acids is 1. The molecule has 0 radical (unpaired) electrons. The number of hydrogen-bond donors (Lipinski definition) is 0. The average Bonchev–Trinajstić information content (AvgIpc) is 2.67. The molecule has 1 aromatic rings. The van der Waals surface area contributed by atoms with E-state index in [0.717, 1.165) is 15.8 Å². The fourth-order valence-electron chi connectivity index (χ4n) is 1.71. The van der Waals surface area contributed by atoms with Crippen molar-refractivity contribution in [3.8, 4) is 5.75 Å². The Morgan fingerprint density at radius 2 is 2.30 bits per heavy atom. The number of ether oxygens (including phenoxy) is 1. The Balaban J connectivity index is 2.28. The van der Waals surface area contributed by atoms with Crippen LogP contribution in [0.4, 0.5) is 0 Å². The standard InChI is InChI=1S/C14H12BrNO2S2/c1-3-6-16-13(17)12(20-14(16)19)8-9-4-5-11(18-2)10(15)7-9/h3-5,7-8H,1,6H2,2H3/b12-8-. The van der Waals surface area contributed by atoms with Gasteiger partial charge in [-0.1, -0.05) is 36.1 Å². The summed E-state index contributed by atoms with van der Waals surface area (Å²) in [6.07, 6.45) is 3.49. The summed E-state index contributed by atoms with van der Waals surface area (Å²) in [6, 6.07) is 5.64. The van der Waals surface area contributed by atoms with Gasteiger partial charge in [0.2, 0.25) is 0 Å². The van der Waals surface area contributed by atoms with Crippen LogP contribution in [0, 0.1) is 0 Å². The number of nitrogens with zero attached hydrogens (tertiary/aromatic N) is 1. The van der Waals surface area contributed by atoms with Gasteiger partial charge in [-0.3, -0.25) is 9.69 Å². The molecule has 0 aromatic heterocycles. The Hall–Kier alpha value is -1.11. The monoisotopic (exact) mass is 369 g/mol. The van der Waals surface area contributed by atoms with Crippen molar-refractivity contribution < 1.29 is 9.53 Å². The molecule has 0 unspecified atom stereocenters. The van der Waals surface area contributed by atoms with Gasteiger partial charge in [0.25, 0.3) is 5.91 Å². The fourth-order valence-corrected chi connectivity index (χ4v) is 3.54. The van der Waals surface area contributed by atoms with Crippen molar-refractivity contribution in [2.24, 2.45) is 0 Å². The van der Waals surface area contributed by atoms with E-state index in [2.05, 4.69) is 22.5 Å². The summed E-state index contributed by atoms with van der Waals surface area (Å²) < 4.78 is 6.58. The number of thioether (sulfide) groups is 1. The van der Waals surface area contributed by atoms with Gasteiger partial charge in [-0.15, -0.1) is 6.58 Å². The minimum Gasteiger partial charge on any atom is -0.496 e. The summed E-state index contributed by atoms with van der Waals surface area (Å²) in [4.78, 5) is 14.3. The Morgan fingerprint density at radius 3 is 2.90 bits per heavy atom. The molecule has 6 heteroatoms. The first-order chi connectivity index (χ1) is 9.56. The van der Waals surface area contributed by atoms with Gasteiger partial charge in [-0.05, 0) is 39.7 Å². The Bertz CT molecular complexity index is 613. The molecular weight excluding hydrogens is 358 g/mol. The van der Waals surface area contributed by atoms with Gasteiger partial charge in [0.1, 0.15) is 10.1 Å².